The molecule has 7 heteroatoms. The standard InChI is InChI=1S/C20H23N5OS/c1-14-8-10-24(11-9-14)20(26)15(2)27-19-17-12-23-25(18(17)21-13-22-19)16-6-4-3-5-7-16/h3-7,12-15H,8-11H2,1-2H3. The molecule has 0 saturated carbocycles. The third-order valence-electron chi connectivity index (χ3n) is 5.06. The number of piperidine rings is 1. The zero-order valence-electron chi connectivity index (χ0n) is 15.6. The quantitative estimate of drug-likeness (QED) is 0.511. The van der Waals surface area contributed by atoms with Crippen molar-refractivity contribution in [2.75, 3.05) is 13.1 Å². The van der Waals surface area contributed by atoms with E-state index in [1.165, 1.54) is 11.8 Å². The van der Waals surface area contributed by atoms with Gasteiger partial charge in [-0.3, -0.25) is 4.79 Å². The number of carbonyl (C=O) groups excluding carboxylic acids is 1. The Morgan fingerprint density at radius 1 is 1.19 bits per heavy atom. The van der Waals surface area contributed by atoms with E-state index >= 15 is 0 Å². The maximum Gasteiger partial charge on any atom is 0.235 e. The molecule has 1 amide bonds. The number of likely N-dealkylation sites (tertiary alicyclic amines) is 1. The summed E-state index contributed by atoms with van der Waals surface area (Å²) in [4.78, 5) is 23.6. The largest absolute Gasteiger partial charge is 0.342 e. The lowest BCUT2D eigenvalue weighted by Gasteiger charge is -2.32. The first kappa shape index (κ1) is 18.0. The third kappa shape index (κ3) is 3.69. The van der Waals surface area contributed by atoms with Crippen LogP contribution in [-0.2, 0) is 4.79 Å². The fourth-order valence-electron chi connectivity index (χ4n) is 3.38. The van der Waals surface area contributed by atoms with Crippen molar-refractivity contribution in [1.29, 1.82) is 0 Å². The molecule has 4 rings (SSSR count). The number of fused-ring (bicyclic) bond motifs is 1. The molecule has 6 nitrogen and oxygen atoms in total. The Balaban J connectivity index is 1.56. The van der Waals surface area contributed by atoms with E-state index in [4.69, 9.17) is 0 Å². The molecule has 0 radical (unpaired) electrons. The van der Waals surface area contributed by atoms with Gasteiger partial charge in [-0.2, -0.15) is 5.10 Å². The van der Waals surface area contributed by atoms with Gasteiger partial charge in [-0.1, -0.05) is 36.9 Å². The molecule has 1 atom stereocenters. The summed E-state index contributed by atoms with van der Waals surface area (Å²) in [6.07, 6.45) is 5.51. The first-order valence-electron chi connectivity index (χ1n) is 9.33. The summed E-state index contributed by atoms with van der Waals surface area (Å²) in [5.41, 5.74) is 1.71. The van der Waals surface area contributed by atoms with Crippen LogP contribution in [0.25, 0.3) is 16.7 Å². The van der Waals surface area contributed by atoms with Crippen molar-refractivity contribution in [1.82, 2.24) is 24.6 Å². The van der Waals surface area contributed by atoms with Crippen LogP contribution in [0.4, 0.5) is 0 Å². The number of carbonyl (C=O) groups is 1. The average Bonchev–Trinajstić information content (AvgIpc) is 3.14. The summed E-state index contributed by atoms with van der Waals surface area (Å²) in [5, 5.41) is 5.97. The fourth-order valence-corrected chi connectivity index (χ4v) is 4.34. The van der Waals surface area contributed by atoms with Gasteiger partial charge in [0.1, 0.15) is 11.4 Å². The van der Waals surface area contributed by atoms with Gasteiger partial charge in [0.05, 0.1) is 22.5 Å². The lowest BCUT2D eigenvalue weighted by atomic mass is 9.99. The van der Waals surface area contributed by atoms with Crippen LogP contribution in [0.2, 0.25) is 0 Å². The lowest BCUT2D eigenvalue weighted by Crippen LogP contribution is -2.41. The van der Waals surface area contributed by atoms with Crippen LogP contribution < -0.4 is 0 Å². The topological polar surface area (TPSA) is 63.9 Å². The summed E-state index contributed by atoms with van der Waals surface area (Å²) in [6, 6.07) is 9.90. The molecule has 0 aliphatic carbocycles. The van der Waals surface area contributed by atoms with Gasteiger partial charge in [0.15, 0.2) is 5.65 Å². The minimum atomic E-state index is -0.184. The van der Waals surface area contributed by atoms with E-state index < -0.39 is 0 Å². The van der Waals surface area contributed by atoms with Crippen LogP contribution in [0.1, 0.15) is 26.7 Å². The monoisotopic (exact) mass is 381 g/mol. The van der Waals surface area contributed by atoms with E-state index in [-0.39, 0.29) is 11.2 Å². The van der Waals surface area contributed by atoms with E-state index in [0.29, 0.717) is 5.92 Å². The number of thioether (sulfide) groups is 1. The summed E-state index contributed by atoms with van der Waals surface area (Å²) >= 11 is 1.49. The van der Waals surface area contributed by atoms with Gasteiger partial charge >= 0.3 is 0 Å². The van der Waals surface area contributed by atoms with Crippen LogP contribution in [-0.4, -0.2) is 48.9 Å². The summed E-state index contributed by atoms with van der Waals surface area (Å²) in [5.74, 6) is 0.899. The maximum atomic E-state index is 12.8. The molecule has 27 heavy (non-hydrogen) atoms. The number of nitrogens with zero attached hydrogens (tertiary/aromatic N) is 5. The Bertz CT molecular complexity index is 934. The smallest absolute Gasteiger partial charge is 0.235 e. The molecule has 0 spiro atoms. The maximum absolute atomic E-state index is 12.8. The number of para-hydroxylation sites is 1. The number of amides is 1. The van der Waals surface area contributed by atoms with E-state index in [1.54, 1.807) is 17.2 Å². The predicted octanol–water partition coefficient (Wildman–Crippen LogP) is 3.55. The van der Waals surface area contributed by atoms with E-state index in [1.807, 2.05) is 42.2 Å². The van der Waals surface area contributed by atoms with Gasteiger partial charge in [-0.05, 0) is 37.8 Å². The Morgan fingerprint density at radius 3 is 2.67 bits per heavy atom. The summed E-state index contributed by atoms with van der Waals surface area (Å²) in [7, 11) is 0. The van der Waals surface area contributed by atoms with Crippen LogP contribution in [0.3, 0.4) is 0 Å². The molecule has 2 aromatic heterocycles. The second-order valence-electron chi connectivity index (χ2n) is 7.08. The van der Waals surface area contributed by atoms with Crippen molar-refractivity contribution >= 4 is 28.7 Å². The van der Waals surface area contributed by atoms with Gasteiger partial charge in [-0.25, -0.2) is 14.6 Å². The molecule has 140 valence electrons. The molecular weight excluding hydrogens is 358 g/mol. The summed E-state index contributed by atoms with van der Waals surface area (Å²) < 4.78 is 1.81. The van der Waals surface area contributed by atoms with Crippen molar-refractivity contribution in [3.8, 4) is 5.69 Å². The van der Waals surface area contributed by atoms with Gasteiger partial charge in [0.25, 0.3) is 0 Å². The van der Waals surface area contributed by atoms with Crippen molar-refractivity contribution in [3.63, 3.8) is 0 Å². The normalized spacial score (nSPS) is 16.6. The van der Waals surface area contributed by atoms with Crippen molar-refractivity contribution in [2.45, 2.75) is 37.0 Å². The van der Waals surface area contributed by atoms with Crippen LogP contribution in [0.5, 0.6) is 0 Å². The van der Waals surface area contributed by atoms with Crippen LogP contribution in [0, 0.1) is 5.92 Å². The van der Waals surface area contributed by atoms with Gasteiger partial charge < -0.3 is 4.90 Å². The van der Waals surface area contributed by atoms with Crippen LogP contribution >= 0.6 is 11.8 Å². The molecule has 1 saturated heterocycles. The second kappa shape index (κ2) is 7.68. The molecule has 0 N–H and O–H groups in total. The number of hydrogen-bond donors (Lipinski definition) is 0. The van der Waals surface area contributed by atoms with Crippen molar-refractivity contribution < 1.29 is 4.79 Å². The SMILES string of the molecule is CC1CCN(C(=O)C(C)Sc2ncnc3c2cnn3-c2ccccc2)CC1. The number of benzene rings is 1. The predicted molar refractivity (Wildman–Crippen MR) is 107 cm³/mol. The van der Waals surface area contributed by atoms with Gasteiger partial charge in [-0.15, -0.1) is 0 Å². The van der Waals surface area contributed by atoms with Gasteiger partial charge in [0, 0.05) is 13.1 Å². The second-order valence-corrected chi connectivity index (χ2v) is 8.41. The highest BCUT2D eigenvalue weighted by Crippen LogP contribution is 2.30. The van der Waals surface area contributed by atoms with Crippen molar-refractivity contribution in [2.24, 2.45) is 5.92 Å². The molecule has 3 aromatic rings. The number of rotatable bonds is 4. The first-order valence-corrected chi connectivity index (χ1v) is 10.2. The summed E-state index contributed by atoms with van der Waals surface area (Å²) in [6.45, 7) is 5.93. The Hall–Kier alpha value is -2.41. The van der Waals surface area contributed by atoms with Crippen molar-refractivity contribution in [3.05, 3.63) is 42.9 Å². The fraction of sp³-hybridized carbons (Fsp3) is 0.400. The molecule has 1 aliphatic rings. The zero-order valence-corrected chi connectivity index (χ0v) is 16.4. The molecule has 3 heterocycles. The number of aromatic nitrogens is 4. The highest BCUT2D eigenvalue weighted by molar-refractivity contribution is 8.00. The zero-order chi connectivity index (χ0) is 18.8. The van der Waals surface area contributed by atoms with E-state index in [0.717, 1.165) is 47.7 Å². The molecule has 1 fully saturated rings. The highest BCUT2D eigenvalue weighted by Gasteiger charge is 2.26. The average molecular weight is 382 g/mol. The minimum absolute atomic E-state index is 0.184. The molecular formula is C20H23N5OS. The molecule has 1 aromatic carbocycles. The first-order chi connectivity index (χ1) is 13.1. The Morgan fingerprint density at radius 2 is 1.93 bits per heavy atom. The van der Waals surface area contributed by atoms with E-state index in [2.05, 4.69) is 22.0 Å². The minimum Gasteiger partial charge on any atom is -0.342 e. The highest BCUT2D eigenvalue weighted by atomic mass is 32.2. The lowest BCUT2D eigenvalue weighted by molar-refractivity contribution is -0.131. The van der Waals surface area contributed by atoms with Crippen LogP contribution in [0.15, 0.2) is 47.9 Å². The molecule has 1 aliphatic heterocycles. The molecule has 1 unspecified atom stereocenters. The molecule has 0 bridgehead atoms. The van der Waals surface area contributed by atoms with Gasteiger partial charge in [0.2, 0.25) is 5.91 Å². The van der Waals surface area contributed by atoms with E-state index in [9.17, 15) is 4.79 Å². The Kier molecular flexibility index (Phi) is 5.11. The third-order valence-corrected chi connectivity index (χ3v) is 6.17. The number of hydrogen-bond acceptors (Lipinski definition) is 5. The Labute approximate surface area is 163 Å².